The third kappa shape index (κ3) is 15.4. The lowest BCUT2D eigenvalue weighted by Crippen LogP contribution is -2.47. The molecule has 0 aliphatic carbocycles. The molecule has 76 heavy (non-hydrogen) atoms. The zero-order valence-corrected chi connectivity index (χ0v) is 45.6. The number of aliphatic hydroxyl groups excluding tert-OH is 1. The summed E-state index contributed by atoms with van der Waals surface area (Å²) < 4.78 is 5.39. The van der Waals surface area contributed by atoms with E-state index in [-0.39, 0.29) is 73.7 Å². The quantitative estimate of drug-likeness (QED) is 0.0913. The Balaban J connectivity index is 0.000000238. The molecule has 4 aliphatic rings. The van der Waals surface area contributed by atoms with Crippen LogP contribution in [0.15, 0.2) is 85.2 Å². The lowest BCUT2D eigenvalue weighted by atomic mass is 9.85. The fourth-order valence-electron chi connectivity index (χ4n) is 10.3. The number of pyridine rings is 2. The van der Waals surface area contributed by atoms with E-state index >= 15 is 0 Å². The summed E-state index contributed by atoms with van der Waals surface area (Å²) in [7, 11) is 0. The van der Waals surface area contributed by atoms with Gasteiger partial charge in [-0.25, -0.2) is 4.79 Å². The number of nitrogens with two attached hydrogens (primary N) is 1. The number of hydrogen-bond donors (Lipinski definition) is 3. The zero-order chi connectivity index (χ0) is 55.3. The van der Waals surface area contributed by atoms with Gasteiger partial charge in [0, 0.05) is 69.6 Å². The third-order valence-electron chi connectivity index (χ3n) is 13.5. The Morgan fingerprint density at radius 2 is 1.13 bits per heavy atom. The second-order valence-electron chi connectivity index (χ2n) is 21.9. The summed E-state index contributed by atoms with van der Waals surface area (Å²) in [6.45, 7) is 17.0. The van der Waals surface area contributed by atoms with E-state index in [1.54, 1.807) is 59.7 Å². The number of ether oxygens (including phenoxy) is 1. The molecule has 4 N–H and O–H groups in total. The number of aromatic nitrogens is 2. The minimum absolute atomic E-state index is 0.0168. The van der Waals surface area contributed by atoms with Crippen LogP contribution in [0.2, 0.25) is 0 Å². The molecule has 4 aliphatic heterocycles. The van der Waals surface area contributed by atoms with Crippen LogP contribution in [0, 0.1) is 23.7 Å². The van der Waals surface area contributed by atoms with E-state index in [9.17, 15) is 33.6 Å². The molecule has 4 atom stereocenters. The lowest BCUT2D eigenvalue weighted by Gasteiger charge is -2.37. The molecule has 0 spiro atoms. The van der Waals surface area contributed by atoms with Crippen LogP contribution in [0.4, 0.5) is 27.5 Å². The van der Waals surface area contributed by atoms with Gasteiger partial charge in [-0.2, -0.15) is 0 Å². The number of aliphatic hydroxyl groups is 1. The van der Waals surface area contributed by atoms with E-state index in [0.717, 1.165) is 46.7 Å². The highest BCUT2D eigenvalue weighted by Crippen LogP contribution is 2.43. The Hall–Kier alpha value is -6.85. The maximum atomic E-state index is 14.1. The first-order chi connectivity index (χ1) is 36.2. The maximum Gasteiger partial charge on any atom is 0.408 e. The number of hydrogen-bond acceptors (Lipinski definition) is 12. The van der Waals surface area contributed by atoms with Gasteiger partial charge in [-0.1, -0.05) is 64.1 Å². The van der Waals surface area contributed by atoms with Crippen molar-refractivity contribution in [3.63, 3.8) is 0 Å². The van der Waals surface area contributed by atoms with Gasteiger partial charge in [0.15, 0.2) is 5.78 Å². The summed E-state index contributed by atoms with van der Waals surface area (Å²) in [5, 5.41) is 10.3. The molecular formula is C59H78N8O9. The highest BCUT2D eigenvalue weighted by atomic mass is 16.6. The molecule has 0 radical (unpaired) electrons. The minimum Gasteiger partial charge on any atom is -0.444 e. The number of Topliss-reactive ketones (excluding diaryl/α,β-unsaturated/α-hetero) is 2. The van der Waals surface area contributed by atoms with Crippen molar-refractivity contribution in [2.24, 2.45) is 29.4 Å². The van der Waals surface area contributed by atoms with Crippen LogP contribution in [0.25, 0.3) is 0 Å². The Labute approximate surface area is 448 Å². The average molecular weight is 1040 g/mol. The van der Waals surface area contributed by atoms with Crippen molar-refractivity contribution >= 4 is 64.0 Å². The van der Waals surface area contributed by atoms with E-state index in [1.807, 2.05) is 100 Å². The number of alkyl carbamates (subject to hydrolysis) is 1. The third-order valence-corrected chi connectivity index (χ3v) is 13.5. The molecule has 2 saturated heterocycles. The number of ketones is 2. The number of rotatable bonds is 17. The SMILES string of the molecule is CC(C)C[C@@H](N)C(=O)CC1Cc2cccc(N3CCCC3=O)c2N(Cc2ccccn2)C1=O.CC(C)C[C@@H](NC(=O)OC(C)(C)C)C(=O)CC1Cc2cccc(N3CCCC3=O)c2N(Cc2ccccn2)C1=O.CCO. The Kier molecular flexibility index (Phi) is 20.6. The molecule has 408 valence electrons. The van der Waals surface area contributed by atoms with Gasteiger partial charge in [0.2, 0.25) is 23.6 Å². The van der Waals surface area contributed by atoms with Gasteiger partial charge in [-0.3, -0.25) is 38.7 Å². The van der Waals surface area contributed by atoms with Crippen molar-refractivity contribution in [1.29, 1.82) is 0 Å². The number of benzene rings is 2. The number of nitrogens with zero attached hydrogens (tertiary/aromatic N) is 6. The largest absolute Gasteiger partial charge is 0.444 e. The van der Waals surface area contributed by atoms with E-state index in [0.29, 0.717) is 68.9 Å². The predicted molar refractivity (Wildman–Crippen MR) is 293 cm³/mol. The molecule has 0 bridgehead atoms. The summed E-state index contributed by atoms with van der Waals surface area (Å²) >= 11 is 0. The molecule has 17 heteroatoms. The predicted octanol–water partition coefficient (Wildman–Crippen LogP) is 8.06. The molecule has 5 amide bonds. The average Bonchev–Trinajstić information content (AvgIpc) is 4.03. The number of nitrogens with one attached hydrogen (secondary N) is 1. The molecule has 8 rings (SSSR count). The number of amides is 5. The zero-order valence-electron chi connectivity index (χ0n) is 45.6. The van der Waals surface area contributed by atoms with Crippen molar-refractivity contribution in [2.45, 2.75) is 150 Å². The molecule has 6 heterocycles. The molecular weight excluding hydrogens is 965 g/mol. The fourth-order valence-corrected chi connectivity index (χ4v) is 10.3. The molecule has 17 nitrogen and oxygen atoms in total. The first-order valence-corrected chi connectivity index (χ1v) is 26.9. The van der Waals surface area contributed by atoms with Gasteiger partial charge in [0.05, 0.1) is 59.3 Å². The first kappa shape index (κ1) is 58.4. The van der Waals surface area contributed by atoms with E-state index < -0.39 is 35.6 Å². The van der Waals surface area contributed by atoms with Crippen LogP contribution >= 0.6 is 0 Å². The molecule has 0 saturated carbocycles. The summed E-state index contributed by atoms with van der Waals surface area (Å²) in [5.41, 5.74) is 11.7. The van der Waals surface area contributed by atoms with Crippen LogP contribution in [0.1, 0.15) is 129 Å². The van der Waals surface area contributed by atoms with E-state index in [4.69, 9.17) is 15.6 Å². The summed E-state index contributed by atoms with van der Waals surface area (Å²) in [4.78, 5) is 108. The lowest BCUT2D eigenvalue weighted by molar-refractivity contribution is -0.129. The van der Waals surface area contributed by atoms with E-state index in [1.165, 1.54) is 0 Å². The van der Waals surface area contributed by atoms with Crippen molar-refractivity contribution in [2.75, 3.05) is 39.3 Å². The molecule has 2 unspecified atom stereocenters. The van der Waals surface area contributed by atoms with Crippen LogP contribution in [0.3, 0.4) is 0 Å². The van der Waals surface area contributed by atoms with Gasteiger partial charge >= 0.3 is 6.09 Å². The Morgan fingerprint density at radius 3 is 1.51 bits per heavy atom. The summed E-state index contributed by atoms with van der Waals surface area (Å²) in [6.07, 6.45) is 7.30. The van der Waals surface area contributed by atoms with Crippen molar-refractivity contribution in [3.8, 4) is 0 Å². The highest BCUT2D eigenvalue weighted by molar-refractivity contribution is 6.08. The van der Waals surface area contributed by atoms with Gasteiger partial charge in [0.25, 0.3) is 0 Å². The number of fused-ring (bicyclic) bond motifs is 2. The minimum atomic E-state index is -0.762. The number of para-hydroxylation sites is 2. The van der Waals surface area contributed by atoms with Crippen LogP contribution < -0.4 is 30.7 Å². The molecule has 2 aromatic carbocycles. The second kappa shape index (κ2) is 26.8. The van der Waals surface area contributed by atoms with Gasteiger partial charge in [-0.15, -0.1) is 0 Å². The van der Waals surface area contributed by atoms with Crippen LogP contribution in [0.5, 0.6) is 0 Å². The van der Waals surface area contributed by atoms with Crippen LogP contribution in [-0.2, 0) is 59.4 Å². The Morgan fingerprint density at radius 1 is 0.684 bits per heavy atom. The smallest absolute Gasteiger partial charge is 0.408 e. The van der Waals surface area contributed by atoms with Crippen LogP contribution in [-0.4, -0.2) is 93.7 Å². The monoisotopic (exact) mass is 1040 g/mol. The standard InChI is InChI=1S/C31H40N4O5.C26H32N4O3.C2H6O/c1-20(2)16-24(33-30(39)40-31(3,4)5)26(36)18-22-17-21-10-8-12-25(34-15-9-13-27(34)37)28(21)35(29(22)38)19-23-11-6-7-14-32-23;1-17(2)13-21(27)23(31)15-19-14-18-7-5-9-22(29-12-6-10-24(29)32)25(18)30(26(19)33)16-20-8-3-4-11-28-20;1-2-3/h6-8,10-12,14,20,22,24H,9,13,15-19H2,1-5H3,(H,33,39);3-5,7-9,11,17,19,21H,6,10,12-16,27H2,1-2H3;3H,2H2,1H3/t22?,24-;19?,21-;/m11./s1. The fraction of sp³-hybridized carbons (Fsp3) is 0.508. The van der Waals surface area contributed by atoms with Crippen molar-refractivity contribution in [1.82, 2.24) is 15.3 Å². The van der Waals surface area contributed by atoms with Gasteiger partial charge in [-0.05, 0) is 126 Å². The van der Waals surface area contributed by atoms with Gasteiger partial charge in [0.1, 0.15) is 11.4 Å². The normalized spacial score (nSPS) is 18.1. The number of anilines is 4. The van der Waals surface area contributed by atoms with E-state index in [2.05, 4.69) is 15.3 Å². The van der Waals surface area contributed by atoms with Crippen molar-refractivity contribution in [3.05, 3.63) is 108 Å². The summed E-state index contributed by atoms with van der Waals surface area (Å²) in [5.74, 6) is -1.09. The highest BCUT2D eigenvalue weighted by Gasteiger charge is 2.41. The topological polar surface area (TPSA) is 226 Å². The molecule has 2 aromatic heterocycles. The number of carbonyl (C=O) groups excluding carboxylic acids is 7. The first-order valence-electron chi connectivity index (χ1n) is 26.9. The Bertz CT molecular complexity index is 2670. The summed E-state index contributed by atoms with van der Waals surface area (Å²) in [6, 6.07) is 21.4. The molecule has 2 fully saturated rings. The van der Waals surface area contributed by atoms with Crippen molar-refractivity contribution < 1.29 is 43.4 Å². The second-order valence-corrected chi connectivity index (χ2v) is 21.9. The maximum absolute atomic E-state index is 14.1. The number of carbonyl (C=O) groups is 7. The van der Waals surface area contributed by atoms with Gasteiger partial charge < -0.3 is 40.5 Å². The molecule has 4 aromatic rings.